The molecule has 0 heterocycles. The minimum absolute atomic E-state index is 0.782. The number of alkyl halides is 3. The van der Waals surface area contributed by atoms with Gasteiger partial charge in [-0.2, -0.15) is 13.2 Å². The van der Waals surface area contributed by atoms with Crippen LogP contribution in [0.3, 0.4) is 0 Å². The van der Waals surface area contributed by atoms with Crippen LogP contribution in [0, 0.1) is 0 Å². The lowest BCUT2D eigenvalue weighted by atomic mass is 10.7. The fourth-order valence-electron chi connectivity index (χ4n) is 0.299. The molecule has 2 unspecified atom stereocenters. The molecular formula is C2H2Cl5F3N2OP3+. The van der Waals surface area contributed by atoms with Crippen LogP contribution in [0.1, 0.15) is 0 Å². The maximum atomic E-state index is 11.7. The summed E-state index contributed by atoms with van der Waals surface area (Å²) in [4.78, 5) is 0. The smallest absolute Gasteiger partial charge is 0.314 e. The first-order valence-electron chi connectivity index (χ1n) is 3.04. The van der Waals surface area contributed by atoms with Crippen LogP contribution in [0.5, 0.6) is 0 Å². The van der Waals surface area contributed by atoms with Gasteiger partial charge >= 0.3 is 21.0 Å². The van der Waals surface area contributed by atoms with Gasteiger partial charge < -0.3 is 4.52 Å². The van der Waals surface area contributed by atoms with Crippen LogP contribution < -0.4 is 0 Å². The molecule has 0 aliphatic rings. The second-order valence-corrected chi connectivity index (χ2v) is 10.4. The van der Waals surface area contributed by atoms with Crippen molar-refractivity contribution in [2.24, 2.45) is 4.52 Å². The molecule has 0 saturated carbocycles. The molecule has 0 amide bonds. The Labute approximate surface area is 117 Å². The summed E-state index contributed by atoms with van der Waals surface area (Å²) in [6.07, 6.45) is -4.48. The molecule has 0 spiro atoms. The van der Waals surface area contributed by atoms with Crippen molar-refractivity contribution in [2.45, 2.75) is 6.18 Å². The molecular weight excluding hydrogens is 395 g/mol. The third-order valence-corrected chi connectivity index (χ3v) is 9.20. The molecule has 0 fully saturated rings. The number of nitrogens with zero attached hydrogens (tertiary/aromatic N) is 2. The minimum Gasteiger partial charge on any atom is -0.314 e. The fourth-order valence-corrected chi connectivity index (χ4v) is 6.50. The first kappa shape index (κ1) is 18.1. The molecule has 3 nitrogen and oxygen atoms in total. The Morgan fingerprint density at radius 1 is 1.31 bits per heavy atom. The van der Waals surface area contributed by atoms with E-state index in [9.17, 15) is 13.2 Å². The van der Waals surface area contributed by atoms with Gasteiger partial charge in [-0.05, 0) is 15.8 Å². The second kappa shape index (κ2) is 8.32. The minimum atomic E-state index is -4.48. The van der Waals surface area contributed by atoms with Gasteiger partial charge in [-0.15, -0.1) is 0 Å². The summed E-state index contributed by atoms with van der Waals surface area (Å²) in [5, 5.41) is 0. The molecule has 0 aliphatic carbocycles. The van der Waals surface area contributed by atoms with Gasteiger partial charge in [0.15, 0.2) is 0 Å². The summed E-state index contributed by atoms with van der Waals surface area (Å²) in [6, 6.07) is 0. The normalized spacial score (nSPS) is 16.0. The molecule has 0 aromatic heterocycles. The molecule has 0 aromatic carbocycles. The van der Waals surface area contributed by atoms with Crippen LogP contribution >= 0.6 is 78.4 Å². The van der Waals surface area contributed by atoms with Crippen molar-refractivity contribution in [3.8, 4) is 0 Å². The molecule has 16 heavy (non-hydrogen) atoms. The predicted molar refractivity (Wildman–Crippen MR) is 66.3 cm³/mol. The highest BCUT2D eigenvalue weighted by Crippen LogP contribution is 2.65. The Kier molecular flexibility index (Phi) is 9.43. The van der Waals surface area contributed by atoms with Gasteiger partial charge in [0, 0.05) is 15.7 Å². The largest absolute Gasteiger partial charge is 0.447 e. The van der Waals surface area contributed by atoms with E-state index in [-0.39, 0.29) is 0 Å². The number of halogens is 8. The maximum Gasteiger partial charge on any atom is 0.447 e. The highest BCUT2D eigenvalue weighted by molar-refractivity contribution is 8.07. The van der Waals surface area contributed by atoms with Gasteiger partial charge in [0.25, 0.3) is 0 Å². The van der Waals surface area contributed by atoms with E-state index in [1.165, 1.54) is 0 Å². The van der Waals surface area contributed by atoms with E-state index in [2.05, 4.69) is 9.04 Å². The van der Waals surface area contributed by atoms with E-state index in [1.807, 2.05) is 0 Å². The summed E-state index contributed by atoms with van der Waals surface area (Å²) in [5.74, 6) is 0. The highest BCUT2D eigenvalue weighted by atomic mass is 35.9. The Morgan fingerprint density at radius 3 is 2.19 bits per heavy atom. The van der Waals surface area contributed by atoms with Gasteiger partial charge in [-0.3, -0.25) is 0 Å². The van der Waals surface area contributed by atoms with Gasteiger partial charge in [0.2, 0.25) is 18.0 Å². The lowest BCUT2D eigenvalue weighted by molar-refractivity contribution is -0.151. The zero-order valence-electron chi connectivity index (χ0n) is 6.88. The number of rotatable bonds is 5. The molecule has 96 valence electrons. The van der Waals surface area contributed by atoms with Crippen molar-refractivity contribution in [1.82, 2.24) is 3.96 Å². The summed E-state index contributed by atoms with van der Waals surface area (Å²) in [6.45, 7) is -3.25. The third-order valence-electron chi connectivity index (χ3n) is 0.740. The lowest BCUT2D eigenvalue weighted by Crippen LogP contribution is -2.14. The van der Waals surface area contributed by atoms with Gasteiger partial charge in [-0.25, -0.2) is 0 Å². The topological polar surface area (TPSA) is 24.8 Å². The summed E-state index contributed by atoms with van der Waals surface area (Å²) >= 11 is 27.2. The van der Waals surface area contributed by atoms with E-state index in [4.69, 9.17) is 56.7 Å². The van der Waals surface area contributed by atoms with E-state index >= 15 is 0 Å². The van der Waals surface area contributed by atoms with Crippen molar-refractivity contribution >= 4 is 78.4 Å². The molecule has 0 aliphatic heterocycles. The van der Waals surface area contributed by atoms with Crippen molar-refractivity contribution < 1.29 is 17.7 Å². The van der Waals surface area contributed by atoms with Crippen LogP contribution in [0.4, 0.5) is 13.2 Å². The lowest BCUT2D eigenvalue weighted by Gasteiger charge is -2.06. The van der Waals surface area contributed by atoms with Crippen LogP contribution in [0.25, 0.3) is 0 Å². The van der Waals surface area contributed by atoms with Crippen molar-refractivity contribution in [3.63, 3.8) is 0 Å². The summed E-state index contributed by atoms with van der Waals surface area (Å²) < 4.78 is 43.6. The predicted octanol–water partition coefficient (Wildman–Crippen LogP) is 6.93. The monoisotopic (exact) mass is 395 g/mol. The molecule has 0 N–H and O–H groups in total. The Morgan fingerprint density at radius 2 is 1.81 bits per heavy atom. The van der Waals surface area contributed by atoms with Gasteiger partial charge in [-0.1, -0.05) is 22.5 Å². The Bertz CT molecular complexity index is 254. The Balaban J connectivity index is 4.21. The second-order valence-electron chi connectivity index (χ2n) is 1.90. The summed E-state index contributed by atoms with van der Waals surface area (Å²) in [5.41, 5.74) is 0. The number of hydrogen-bond acceptors (Lipinski definition) is 2. The zero-order valence-corrected chi connectivity index (χ0v) is 13.3. The molecule has 0 rings (SSSR count). The van der Waals surface area contributed by atoms with Crippen LogP contribution in [0.2, 0.25) is 0 Å². The molecule has 0 saturated heterocycles. The van der Waals surface area contributed by atoms with Crippen molar-refractivity contribution in [2.75, 3.05) is 6.61 Å². The molecule has 0 bridgehead atoms. The van der Waals surface area contributed by atoms with Gasteiger partial charge in [0.05, 0.1) is 0 Å². The van der Waals surface area contributed by atoms with Crippen molar-refractivity contribution in [1.29, 1.82) is 0 Å². The molecule has 2 atom stereocenters. The first-order chi connectivity index (χ1) is 7.13. The maximum absolute atomic E-state index is 11.7. The van der Waals surface area contributed by atoms with Crippen molar-refractivity contribution in [3.05, 3.63) is 0 Å². The average Bonchev–Trinajstić information content (AvgIpc) is 2.12. The van der Waals surface area contributed by atoms with Crippen LogP contribution in [0.15, 0.2) is 4.52 Å². The standard InChI is InChI=1S/C2H2Cl5F3N2OP3/c3-12(14(4)5)15(6)11-16(7)13-1-2(8,9)10/h1H2/q+1. The molecule has 14 heteroatoms. The Hall–Kier alpha value is 2.12. The zero-order chi connectivity index (χ0) is 12.9. The first-order valence-corrected chi connectivity index (χ1v) is 10.7. The highest BCUT2D eigenvalue weighted by Gasteiger charge is 2.33. The average molecular weight is 397 g/mol. The molecule has 0 aromatic rings. The fraction of sp³-hybridized carbons (Fsp3) is 1.00. The van der Waals surface area contributed by atoms with Crippen LogP contribution in [-0.2, 0) is 4.52 Å². The van der Waals surface area contributed by atoms with E-state index < -0.39 is 34.4 Å². The van der Waals surface area contributed by atoms with E-state index in [1.54, 1.807) is 0 Å². The van der Waals surface area contributed by atoms with Gasteiger partial charge in [0.1, 0.15) is 6.61 Å². The third kappa shape index (κ3) is 9.10. The summed E-state index contributed by atoms with van der Waals surface area (Å²) in [7, 11) is -4.10. The van der Waals surface area contributed by atoms with E-state index in [0.29, 0.717) is 0 Å². The van der Waals surface area contributed by atoms with E-state index in [0.717, 1.165) is 3.96 Å². The SMILES string of the molecule is FC(F)(F)COP(Cl)N=[P+](Cl)N(Cl)P(Cl)Cl. The van der Waals surface area contributed by atoms with Crippen LogP contribution in [-0.4, -0.2) is 16.7 Å². The number of hydrogen-bond donors (Lipinski definition) is 0. The quantitative estimate of drug-likeness (QED) is 0.371. The molecule has 0 radical (unpaired) electrons.